The Bertz CT molecular complexity index is 1250. The number of aromatic nitrogens is 3. The molecule has 1 aliphatic rings. The Hall–Kier alpha value is -2.99. The zero-order valence-corrected chi connectivity index (χ0v) is 22.7. The van der Waals surface area contributed by atoms with Gasteiger partial charge >= 0.3 is 0 Å². The lowest BCUT2D eigenvalue weighted by Crippen LogP contribution is -2.31. The Kier molecular flexibility index (Phi) is 10.4. The SMILES string of the molecule is CC(Oc1cc(-c2cnn(C3CCN(C#CCO)CC3)c2)cnc1N)c1c(Cl)ccc(F)c1Cl.CCC. The molecule has 1 aromatic carbocycles. The fraction of sp³-hybridized carbons (Fsp3) is 0.407. The third-order valence-corrected chi connectivity index (χ3v) is 6.47. The first-order valence-corrected chi connectivity index (χ1v) is 13.0. The van der Waals surface area contributed by atoms with Gasteiger partial charge in [0.25, 0.3) is 0 Å². The molecule has 3 aromatic rings. The van der Waals surface area contributed by atoms with Gasteiger partial charge in [-0.3, -0.25) is 4.68 Å². The summed E-state index contributed by atoms with van der Waals surface area (Å²) in [6.07, 6.45) is 7.81. The summed E-state index contributed by atoms with van der Waals surface area (Å²) in [4.78, 5) is 6.28. The number of halogens is 3. The summed E-state index contributed by atoms with van der Waals surface area (Å²) < 4.78 is 21.9. The van der Waals surface area contributed by atoms with Crippen LogP contribution in [0.4, 0.5) is 10.2 Å². The van der Waals surface area contributed by atoms with Crippen LogP contribution in [0.3, 0.4) is 0 Å². The second-order valence-electron chi connectivity index (χ2n) is 8.71. The molecule has 198 valence electrons. The minimum absolute atomic E-state index is 0.0858. The number of hydrogen-bond acceptors (Lipinski definition) is 6. The van der Waals surface area contributed by atoms with E-state index >= 15 is 0 Å². The van der Waals surface area contributed by atoms with Crippen molar-refractivity contribution in [3.63, 3.8) is 0 Å². The molecule has 0 spiro atoms. The van der Waals surface area contributed by atoms with Crippen molar-refractivity contribution in [2.24, 2.45) is 0 Å². The summed E-state index contributed by atoms with van der Waals surface area (Å²) >= 11 is 12.3. The minimum atomic E-state index is -0.656. The van der Waals surface area contributed by atoms with Crippen LogP contribution in [0, 0.1) is 17.8 Å². The monoisotopic (exact) mass is 547 g/mol. The lowest BCUT2D eigenvalue weighted by molar-refractivity contribution is 0.227. The molecule has 1 aliphatic heterocycles. The Morgan fingerprint density at radius 3 is 2.59 bits per heavy atom. The predicted octanol–water partition coefficient (Wildman–Crippen LogP) is 6.12. The van der Waals surface area contributed by atoms with Crippen molar-refractivity contribution in [3.05, 3.63) is 58.2 Å². The maximum Gasteiger partial charge on any atom is 0.166 e. The number of aliphatic hydroxyl groups excluding tert-OH is 1. The van der Waals surface area contributed by atoms with Crippen molar-refractivity contribution >= 4 is 29.0 Å². The van der Waals surface area contributed by atoms with E-state index in [4.69, 9.17) is 38.8 Å². The number of rotatable bonds is 5. The van der Waals surface area contributed by atoms with Gasteiger partial charge in [-0.2, -0.15) is 5.10 Å². The van der Waals surface area contributed by atoms with E-state index in [0.717, 1.165) is 37.1 Å². The summed E-state index contributed by atoms with van der Waals surface area (Å²) in [7, 11) is 0. The van der Waals surface area contributed by atoms with Crippen LogP contribution < -0.4 is 10.5 Å². The summed E-state index contributed by atoms with van der Waals surface area (Å²) in [5.41, 5.74) is 8.04. The smallest absolute Gasteiger partial charge is 0.166 e. The minimum Gasteiger partial charge on any atom is -0.482 e. The molecule has 0 amide bonds. The quantitative estimate of drug-likeness (QED) is 0.295. The van der Waals surface area contributed by atoms with E-state index in [-0.39, 0.29) is 23.5 Å². The molecule has 0 saturated carbocycles. The fourth-order valence-corrected chi connectivity index (χ4v) is 4.63. The average Bonchev–Trinajstić information content (AvgIpc) is 3.38. The van der Waals surface area contributed by atoms with Gasteiger partial charge in [0.15, 0.2) is 11.6 Å². The predicted molar refractivity (Wildman–Crippen MR) is 146 cm³/mol. The highest BCUT2D eigenvalue weighted by molar-refractivity contribution is 6.36. The molecule has 1 unspecified atom stereocenters. The number of nitrogen functional groups attached to an aromatic ring is 1. The average molecular weight is 548 g/mol. The first kappa shape index (κ1) is 28.6. The van der Waals surface area contributed by atoms with Gasteiger partial charge < -0.3 is 20.5 Å². The zero-order chi connectivity index (χ0) is 26.9. The molecule has 1 atom stereocenters. The van der Waals surface area contributed by atoms with Crippen molar-refractivity contribution in [2.75, 3.05) is 25.4 Å². The van der Waals surface area contributed by atoms with Gasteiger partial charge in [-0.1, -0.05) is 49.4 Å². The van der Waals surface area contributed by atoms with E-state index in [1.807, 2.05) is 15.8 Å². The number of likely N-dealkylation sites (tertiary alicyclic amines) is 1. The van der Waals surface area contributed by atoms with Crippen LogP contribution in [0.25, 0.3) is 11.1 Å². The normalized spacial score (nSPS) is 14.3. The molecule has 1 saturated heterocycles. The van der Waals surface area contributed by atoms with Crippen LogP contribution in [-0.4, -0.2) is 44.5 Å². The standard InChI is InChI=1S/C24H24Cl2FN5O2.C3H8/c1-15(22-19(25)3-4-20(27)23(22)26)34-21-11-16(12-29-24(21)28)17-13-30-32(14-17)18-5-8-31(9-6-18)7-2-10-33;1-3-2/h3-4,11-15,18,33H,5-6,8-10H2,1H3,(H2,28,29);3H2,1-2H3. The molecular weight excluding hydrogens is 516 g/mol. The molecule has 0 aliphatic carbocycles. The van der Waals surface area contributed by atoms with Crippen molar-refractivity contribution < 1.29 is 14.2 Å². The number of benzene rings is 1. The van der Waals surface area contributed by atoms with Gasteiger partial charge in [-0.25, -0.2) is 9.37 Å². The number of anilines is 1. The van der Waals surface area contributed by atoms with E-state index in [1.54, 1.807) is 25.4 Å². The second kappa shape index (κ2) is 13.5. The summed E-state index contributed by atoms with van der Waals surface area (Å²) in [6, 6.07) is 7.64. The third kappa shape index (κ3) is 7.29. The van der Waals surface area contributed by atoms with Crippen LogP contribution in [-0.2, 0) is 0 Å². The van der Waals surface area contributed by atoms with Crippen molar-refractivity contribution in [1.82, 2.24) is 19.7 Å². The molecule has 7 nitrogen and oxygen atoms in total. The van der Waals surface area contributed by atoms with Crippen molar-refractivity contribution in [1.29, 1.82) is 0 Å². The Morgan fingerprint density at radius 2 is 1.92 bits per heavy atom. The molecule has 2 aromatic heterocycles. The Morgan fingerprint density at radius 1 is 1.22 bits per heavy atom. The summed E-state index contributed by atoms with van der Waals surface area (Å²) in [6.45, 7) is 7.47. The van der Waals surface area contributed by atoms with E-state index in [0.29, 0.717) is 16.3 Å². The molecule has 0 bridgehead atoms. The third-order valence-electron chi connectivity index (χ3n) is 5.76. The zero-order valence-electron chi connectivity index (χ0n) is 21.2. The van der Waals surface area contributed by atoms with Gasteiger partial charge in [0.05, 0.1) is 17.3 Å². The number of ether oxygens (including phenoxy) is 1. The highest BCUT2D eigenvalue weighted by Gasteiger charge is 2.22. The largest absolute Gasteiger partial charge is 0.482 e. The molecule has 0 radical (unpaired) electrons. The highest BCUT2D eigenvalue weighted by atomic mass is 35.5. The number of aliphatic hydroxyl groups is 1. The number of pyridine rings is 1. The van der Waals surface area contributed by atoms with E-state index in [9.17, 15) is 4.39 Å². The Balaban J connectivity index is 0.00000121. The molecule has 3 N–H and O–H groups in total. The molecule has 1 fully saturated rings. The second-order valence-corrected chi connectivity index (χ2v) is 9.49. The molecular formula is C27H32Cl2FN5O2. The van der Waals surface area contributed by atoms with E-state index in [2.05, 4.69) is 35.9 Å². The first-order valence-electron chi connectivity index (χ1n) is 12.2. The van der Waals surface area contributed by atoms with Gasteiger partial charge in [-0.15, -0.1) is 0 Å². The molecule has 10 heteroatoms. The molecule has 3 heterocycles. The van der Waals surface area contributed by atoms with Crippen LogP contribution >= 0.6 is 23.2 Å². The maximum absolute atomic E-state index is 13.9. The van der Waals surface area contributed by atoms with E-state index < -0.39 is 11.9 Å². The van der Waals surface area contributed by atoms with Gasteiger partial charge in [0.2, 0.25) is 0 Å². The summed E-state index contributed by atoms with van der Waals surface area (Å²) in [5.74, 6) is 2.65. The van der Waals surface area contributed by atoms with Crippen LogP contribution in [0.15, 0.2) is 36.8 Å². The maximum atomic E-state index is 13.9. The topological polar surface area (TPSA) is 89.4 Å². The molecule has 37 heavy (non-hydrogen) atoms. The van der Waals surface area contributed by atoms with Crippen molar-refractivity contribution in [2.45, 2.75) is 52.2 Å². The number of nitrogens with zero attached hydrogens (tertiary/aromatic N) is 4. The van der Waals surface area contributed by atoms with Crippen LogP contribution in [0.1, 0.15) is 57.7 Å². The van der Waals surface area contributed by atoms with E-state index in [1.165, 1.54) is 18.6 Å². The lowest BCUT2D eigenvalue weighted by atomic mass is 10.1. The highest BCUT2D eigenvalue weighted by Crippen LogP contribution is 2.37. The van der Waals surface area contributed by atoms with Gasteiger partial charge in [-0.05, 0) is 38.0 Å². The number of hydrogen-bond donors (Lipinski definition) is 2. The van der Waals surface area contributed by atoms with Gasteiger partial charge in [0, 0.05) is 53.2 Å². The summed E-state index contributed by atoms with van der Waals surface area (Å²) in [5, 5.41) is 13.6. The molecule has 4 rings (SSSR count). The van der Waals surface area contributed by atoms with Crippen LogP contribution in [0.5, 0.6) is 5.75 Å². The van der Waals surface area contributed by atoms with Crippen molar-refractivity contribution in [3.8, 4) is 28.8 Å². The lowest BCUT2D eigenvalue weighted by Gasteiger charge is -2.29. The van der Waals surface area contributed by atoms with Crippen LogP contribution in [0.2, 0.25) is 10.0 Å². The number of nitrogens with two attached hydrogens (primary N) is 1. The first-order chi connectivity index (χ1) is 17.8. The number of piperidine rings is 1. The fourth-order valence-electron chi connectivity index (χ4n) is 3.95. The van der Waals surface area contributed by atoms with Gasteiger partial charge in [0.1, 0.15) is 18.5 Å². The Labute approximate surface area is 227 Å².